The van der Waals surface area contributed by atoms with Gasteiger partial charge < -0.3 is 10.2 Å². The van der Waals surface area contributed by atoms with Crippen molar-refractivity contribution >= 4 is 10.0 Å². The van der Waals surface area contributed by atoms with Gasteiger partial charge in [-0.05, 0) is 25.5 Å². The number of nitrogens with zero attached hydrogens (tertiary/aromatic N) is 1. The van der Waals surface area contributed by atoms with Crippen LogP contribution in [0, 0.1) is 0 Å². The average Bonchev–Trinajstić information content (AvgIpc) is 2.60. The van der Waals surface area contributed by atoms with Crippen LogP contribution in [-0.2, 0) is 10.0 Å². The molecule has 1 aromatic carbocycles. The third-order valence-corrected chi connectivity index (χ3v) is 4.79. The summed E-state index contributed by atoms with van der Waals surface area (Å²) in [4.78, 5) is -0.113. The minimum absolute atomic E-state index is 0.0592. The molecule has 1 aliphatic rings. The zero-order chi connectivity index (χ0) is 12.7. The molecule has 1 aliphatic heterocycles. The number of rotatable bonds is 2. The van der Waals surface area contributed by atoms with Crippen molar-refractivity contribution < 1.29 is 18.6 Å². The Morgan fingerprint density at radius 3 is 2.53 bits per heavy atom. The molecule has 1 atom stereocenters. The first kappa shape index (κ1) is 12.3. The van der Waals surface area contributed by atoms with Gasteiger partial charge in [0.2, 0.25) is 10.0 Å². The molecule has 0 saturated carbocycles. The van der Waals surface area contributed by atoms with Gasteiger partial charge in [-0.15, -0.1) is 0 Å². The van der Waals surface area contributed by atoms with Crippen LogP contribution in [-0.4, -0.2) is 41.6 Å². The first-order valence-corrected chi connectivity index (χ1v) is 6.77. The van der Waals surface area contributed by atoms with Crippen molar-refractivity contribution in [2.24, 2.45) is 0 Å². The summed E-state index contributed by atoms with van der Waals surface area (Å²) < 4.78 is 25.6. The molecule has 1 saturated heterocycles. The number of hydrogen-bond acceptors (Lipinski definition) is 4. The quantitative estimate of drug-likeness (QED) is 0.810. The summed E-state index contributed by atoms with van der Waals surface area (Å²) in [7, 11) is -3.72. The second-order valence-corrected chi connectivity index (χ2v) is 6.46. The summed E-state index contributed by atoms with van der Waals surface area (Å²) in [5.74, 6) is -0.265. The van der Waals surface area contributed by atoms with Crippen LogP contribution in [0.15, 0.2) is 29.2 Å². The van der Waals surface area contributed by atoms with Crippen molar-refractivity contribution in [2.75, 3.05) is 13.1 Å². The van der Waals surface area contributed by atoms with Gasteiger partial charge in [-0.3, -0.25) is 0 Å². The maximum Gasteiger partial charge on any atom is 0.246 e. The Bertz CT molecular complexity index is 524. The average molecular weight is 257 g/mol. The number of phenolic OH excluding ortho intramolecular Hbond substituents is 1. The molecule has 5 nitrogen and oxygen atoms in total. The van der Waals surface area contributed by atoms with Crippen molar-refractivity contribution in [3.8, 4) is 5.75 Å². The molecular formula is C11H15NO4S. The van der Waals surface area contributed by atoms with E-state index in [0.29, 0.717) is 6.42 Å². The van der Waals surface area contributed by atoms with Gasteiger partial charge in [0.25, 0.3) is 0 Å². The number of sulfonamides is 1. The van der Waals surface area contributed by atoms with Gasteiger partial charge in [-0.25, -0.2) is 8.42 Å². The Kier molecular flexibility index (Phi) is 2.89. The van der Waals surface area contributed by atoms with E-state index >= 15 is 0 Å². The van der Waals surface area contributed by atoms with Crippen LogP contribution < -0.4 is 0 Å². The Balaban J connectivity index is 2.36. The first-order valence-electron chi connectivity index (χ1n) is 5.33. The molecule has 0 aliphatic carbocycles. The number of aromatic hydroxyl groups is 1. The normalized spacial score (nSPS) is 26.2. The predicted octanol–water partition coefficient (Wildman–Crippen LogP) is 0.538. The molecule has 6 heteroatoms. The highest BCUT2D eigenvalue weighted by Gasteiger charge is 2.39. The molecule has 1 heterocycles. The Labute approximate surface area is 100 Å². The lowest BCUT2D eigenvalue weighted by Crippen LogP contribution is -2.33. The minimum Gasteiger partial charge on any atom is -0.507 e. The largest absolute Gasteiger partial charge is 0.507 e. The van der Waals surface area contributed by atoms with E-state index in [4.69, 9.17) is 0 Å². The maximum atomic E-state index is 12.2. The molecule has 0 amide bonds. The van der Waals surface area contributed by atoms with Crippen molar-refractivity contribution in [1.82, 2.24) is 4.31 Å². The van der Waals surface area contributed by atoms with E-state index in [0.717, 1.165) is 0 Å². The van der Waals surface area contributed by atoms with Gasteiger partial charge >= 0.3 is 0 Å². The lowest BCUT2D eigenvalue weighted by molar-refractivity contribution is 0.0762. The number of aliphatic hydroxyl groups is 1. The second kappa shape index (κ2) is 3.97. The monoisotopic (exact) mass is 257 g/mol. The molecule has 2 rings (SSSR count). The molecular weight excluding hydrogens is 242 g/mol. The van der Waals surface area contributed by atoms with Gasteiger partial charge in [0.05, 0.1) is 5.60 Å². The van der Waals surface area contributed by atoms with E-state index in [9.17, 15) is 18.6 Å². The van der Waals surface area contributed by atoms with Gasteiger partial charge in [0.1, 0.15) is 10.6 Å². The second-order valence-electron chi connectivity index (χ2n) is 4.55. The van der Waals surface area contributed by atoms with Gasteiger partial charge in [-0.2, -0.15) is 4.31 Å². The highest BCUT2D eigenvalue weighted by molar-refractivity contribution is 7.89. The van der Waals surface area contributed by atoms with E-state index in [1.807, 2.05) is 0 Å². The van der Waals surface area contributed by atoms with Crippen LogP contribution in [0.5, 0.6) is 5.75 Å². The fourth-order valence-electron chi connectivity index (χ4n) is 1.92. The zero-order valence-electron chi connectivity index (χ0n) is 9.50. The molecule has 0 radical (unpaired) electrons. The van der Waals surface area contributed by atoms with Crippen LogP contribution in [0.3, 0.4) is 0 Å². The summed E-state index contributed by atoms with van der Waals surface area (Å²) in [6, 6.07) is 5.81. The summed E-state index contributed by atoms with van der Waals surface area (Å²) in [6.45, 7) is 1.93. The number of phenols is 1. The minimum atomic E-state index is -3.72. The number of β-amino-alcohol motifs (C(OH)–C–C–N with tert-alkyl or cyclic N) is 1. The van der Waals surface area contributed by atoms with Crippen molar-refractivity contribution in [3.05, 3.63) is 24.3 Å². The maximum absolute atomic E-state index is 12.2. The molecule has 1 unspecified atom stereocenters. The topological polar surface area (TPSA) is 77.8 Å². The predicted molar refractivity (Wildman–Crippen MR) is 62.1 cm³/mol. The Morgan fingerprint density at radius 2 is 2.00 bits per heavy atom. The molecule has 0 aromatic heterocycles. The van der Waals surface area contributed by atoms with Crippen LogP contribution in [0.4, 0.5) is 0 Å². The zero-order valence-corrected chi connectivity index (χ0v) is 10.3. The van der Waals surface area contributed by atoms with Crippen LogP contribution in [0.1, 0.15) is 13.3 Å². The standard InChI is InChI=1S/C11H15NO4S/c1-11(14)6-7-12(8-11)17(15,16)10-5-3-2-4-9(10)13/h2-5,13-14H,6-8H2,1H3. The Morgan fingerprint density at radius 1 is 1.35 bits per heavy atom. The molecule has 2 N–H and O–H groups in total. The molecule has 1 aromatic rings. The highest BCUT2D eigenvalue weighted by Crippen LogP contribution is 2.30. The van der Waals surface area contributed by atoms with Crippen LogP contribution >= 0.6 is 0 Å². The highest BCUT2D eigenvalue weighted by atomic mass is 32.2. The number of benzene rings is 1. The molecule has 94 valence electrons. The van der Waals surface area contributed by atoms with Crippen molar-refractivity contribution in [3.63, 3.8) is 0 Å². The van der Waals surface area contributed by atoms with Crippen molar-refractivity contribution in [2.45, 2.75) is 23.8 Å². The fraction of sp³-hybridized carbons (Fsp3) is 0.455. The molecule has 1 fully saturated rings. The lowest BCUT2D eigenvalue weighted by atomic mass is 10.1. The molecule has 0 spiro atoms. The number of hydrogen-bond donors (Lipinski definition) is 2. The summed E-state index contributed by atoms with van der Waals surface area (Å²) in [6.07, 6.45) is 0.403. The van der Waals surface area contributed by atoms with Crippen LogP contribution in [0.2, 0.25) is 0 Å². The lowest BCUT2D eigenvalue weighted by Gasteiger charge is -2.19. The fourth-order valence-corrected chi connectivity index (χ4v) is 3.56. The van der Waals surface area contributed by atoms with Crippen molar-refractivity contribution in [1.29, 1.82) is 0 Å². The van der Waals surface area contributed by atoms with E-state index in [1.54, 1.807) is 19.1 Å². The van der Waals surface area contributed by atoms with Gasteiger partial charge in [0, 0.05) is 13.1 Å². The third-order valence-electron chi connectivity index (χ3n) is 2.90. The van der Waals surface area contributed by atoms with Gasteiger partial charge in [0.15, 0.2) is 0 Å². The summed E-state index contributed by atoms with van der Waals surface area (Å²) >= 11 is 0. The van der Waals surface area contributed by atoms with E-state index in [2.05, 4.69) is 0 Å². The van der Waals surface area contributed by atoms with Gasteiger partial charge in [-0.1, -0.05) is 12.1 Å². The SMILES string of the molecule is CC1(O)CCN(S(=O)(=O)c2ccccc2O)C1. The molecule has 0 bridgehead atoms. The first-order chi connectivity index (χ1) is 7.83. The van der Waals surface area contributed by atoms with Crippen LogP contribution in [0.25, 0.3) is 0 Å². The smallest absolute Gasteiger partial charge is 0.246 e. The summed E-state index contributed by atoms with van der Waals surface area (Å²) in [5.41, 5.74) is -0.989. The van der Waals surface area contributed by atoms with E-state index < -0.39 is 15.6 Å². The van der Waals surface area contributed by atoms with E-state index in [-0.39, 0.29) is 23.7 Å². The summed E-state index contributed by atoms with van der Waals surface area (Å²) in [5, 5.41) is 19.3. The Hall–Kier alpha value is -1.11. The third kappa shape index (κ3) is 2.29. The molecule has 17 heavy (non-hydrogen) atoms. The van der Waals surface area contributed by atoms with E-state index in [1.165, 1.54) is 16.4 Å². The number of para-hydroxylation sites is 1.